The van der Waals surface area contributed by atoms with Crippen molar-refractivity contribution in [2.45, 2.75) is 24.6 Å². The van der Waals surface area contributed by atoms with Crippen LogP contribution in [0.5, 0.6) is 0 Å². The minimum Gasteiger partial charge on any atom is -0.299 e. The van der Waals surface area contributed by atoms with Crippen LogP contribution in [-0.4, -0.2) is 21.5 Å². The molecule has 0 saturated heterocycles. The average Bonchev–Trinajstić information content (AvgIpc) is 3.08. The van der Waals surface area contributed by atoms with Crippen molar-refractivity contribution >= 4 is 34.0 Å². The van der Waals surface area contributed by atoms with E-state index >= 15 is 0 Å². The molecule has 0 spiro atoms. The number of carbonyl (C=O) groups is 1. The summed E-state index contributed by atoms with van der Waals surface area (Å²) in [7, 11) is 0. The molecule has 128 valence electrons. The van der Waals surface area contributed by atoms with Crippen LogP contribution >= 0.6 is 22.9 Å². The van der Waals surface area contributed by atoms with E-state index in [0.29, 0.717) is 5.13 Å². The Morgan fingerprint density at radius 2 is 1.60 bits per heavy atom. The Morgan fingerprint density at radius 1 is 1.04 bits per heavy atom. The van der Waals surface area contributed by atoms with Crippen molar-refractivity contribution in [1.82, 2.24) is 10.2 Å². The van der Waals surface area contributed by atoms with Crippen molar-refractivity contribution in [3.8, 4) is 0 Å². The summed E-state index contributed by atoms with van der Waals surface area (Å²) in [6.45, 7) is 1.62. The molecular weight excluding hydrogens is 354 g/mol. The summed E-state index contributed by atoms with van der Waals surface area (Å²) < 4.78 is 0. The van der Waals surface area contributed by atoms with E-state index < -0.39 is 5.38 Å². The first-order chi connectivity index (χ1) is 12.1. The quantitative estimate of drug-likeness (QED) is 0.650. The van der Waals surface area contributed by atoms with Gasteiger partial charge in [0.05, 0.1) is 0 Å². The third-order valence-electron chi connectivity index (χ3n) is 3.84. The van der Waals surface area contributed by atoms with E-state index in [1.807, 2.05) is 36.4 Å². The fourth-order valence-electron chi connectivity index (χ4n) is 2.56. The number of alkyl halides is 1. The van der Waals surface area contributed by atoms with Crippen LogP contribution in [0.3, 0.4) is 0 Å². The highest BCUT2D eigenvalue weighted by Crippen LogP contribution is 2.30. The molecule has 1 heterocycles. The molecule has 3 rings (SSSR count). The zero-order valence-electron chi connectivity index (χ0n) is 13.7. The molecule has 0 radical (unpaired) electrons. The van der Waals surface area contributed by atoms with Crippen molar-refractivity contribution in [3.05, 3.63) is 76.8 Å². The van der Waals surface area contributed by atoms with Crippen molar-refractivity contribution < 1.29 is 4.79 Å². The number of hydrogen-bond acceptors (Lipinski definition) is 4. The van der Waals surface area contributed by atoms with Gasteiger partial charge in [-0.15, -0.1) is 21.8 Å². The molecule has 0 aliphatic rings. The second-order valence-corrected chi connectivity index (χ2v) is 7.40. The number of anilines is 1. The average molecular weight is 372 g/mol. The summed E-state index contributed by atoms with van der Waals surface area (Å²) in [5.74, 6) is -0.0853. The number of carbonyl (C=O) groups excluding carboxylic acids is 1. The standard InChI is InChI=1S/C19H18ClN3OS/c1-13(20)18(24)21-19-23-22-17(25-19)12-16(14-8-4-2-5-9-14)15-10-6-3-7-11-15/h2-11,13,16H,12H2,1H3,(H,21,23,24). The molecule has 6 heteroatoms. The third kappa shape index (κ3) is 4.65. The van der Waals surface area contributed by atoms with E-state index in [4.69, 9.17) is 11.6 Å². The van der Waals surface area contributed by atoms with Crippen LogP contribution in [0, 0.1) is 0 Å². The van der Waals surface area contributed by atoms with Gasteiger partial charge in [0.25, 0.3) is 0 Å². The Morgan fingerprint density at radius 3 is 2.12 bits per heavy atom. The van der Waals surface area contributed by atoms with Crippen LogP contribution in [-0.2, 0) is 11.2 Å². The summed E-state index contributed by atoms with van der Waals surface area (Å²) in [5, 5.41) is 11.7. The van der Waals surface area contributed by atoms with Gasteiger partial charge in [-0.25, -0.2) is 0 Å². The van der Waals surface area contributed by atoms with E-state index in [1.165, 1.54) is 22.5 Å². The smallest absolute Gasteiger partial charge is 0.243 e. The Bertz CT molecular complexity index is 781. The minimum absolute atomic E-state index is 0.186. The molecule has 0 fully saturated rings. The molecule has 0 saturated carbocycles. The van der Waals surface area contributed by atoms with E-state index in [0.717, 1.165) is 11.4 Å². The summed E-state index contributed by atoms with van der Waals surface area (Å²) >= 11 is 7.16. The molecule has 1 atom stereocenters. The van der Waals surface area contributed by atoms with Crippen LogP contribution in [0.15, 0.2) is 60.7 Å². The maximum Gasteiger partial charge on any atom is 0.243 e. The second-order valence-electron chi connectivity index (χ2n) is 5.68. The Hall–Kier alpha value is -2.24. The highest BCUT2D eigenvalue weighted by molar-refractivity contribution is 7.15. The fourth-order valence-corrected chi connectivity index (χ4v) is 3.41. The molecule has 25 heavy (non-hydrogen) atoms. The molecule has 1 unspecified atom stereocenters. The first-order valence-corrected chi connectivity index (χ1v) is 9.26. The number of benzene rings is 2. The van der Waals surface area contributed by atoms with Gasteiger partial charge in [-0.3, -0.25) is 10.1 Å². The fraction of sp³-hybridized carbons (Fsp3) is 0.211. The Kier molecular flexibility index (Phi) is 5.79. The summed E-state index contributed by atoms with van der Waals surface area (Å²) in [5.41, 5.74) is 2.45. The van der Waals surface area contributed by atoms with Crippen LogP contribution < -0.4 is 5.32 Å². The molecule has 3 aromatic rings. The van der Waals surface area contributed by atoms with Gasteiger partial charge >= 0.3 is 0 Å². The molecule has 0 aliphatic heterocycles. The largest absolute Gasteiger partial charge is 0.299 e. The third-order valence-corrected chi connectivity index (χ3v) is 4.90. The lowest BCUT2D eigenvalue weighted by molar-refractivity contribution is -0.115. The van der Waals surface area contributed by atoms with E-state index in [-0.39, 0.29) is 11.8 Å². The van der Waals surface area contributed by atoms with Gasteiger partial charge in [0.1, 0.15) is 10.4 Å². The zero-order chi connectivity index (χ0) is 17.6. The van der Waals surface area contributed by atoms with Crippen LogP contribution in [0.2, 0.25) is 0 Å². The lowest BCUT2D eigenvalue weighted by atomic mass is 9.89. The normalized spacial score (nSPS) is 12.1. The van der Waals surface area contributed by atoms with Crippen molar-refractivity contribution in [2.75, 3.05) is 5.32 Å². The number of halogens is 1. The number of hydrogen-bond donors (Lipinski definition) is 1. The van der Waals surface area contributed by atoms with Gasteiger partial charge in [-0.05, 0) is 18.1 Å². The Balaban J connectivity index is 1.82. The molecule has 1 aromatic heterocycles. The summed E-state index contributed by atoms with van der Waals surface area (Å²) in [6.07, 6.45) is 0.720. The Labute approximate surface area is 155 Å². The van der Waals surface area contributed by atoms with Crippen LogP contribution in [0.4, 0.5) is 5.13 Å². The number of aromatic nitrogens is 2. The van der Waals surface area contributed by atoms with E-state index in [2.05, 4.69) is 39.8 Å². The molecule has 0 aliphatic carbocycles. The van der Waals surface area contributed by atoms with Crippen LogP contribution in [0.25, 0.3) is 0 Å². The first-order valence-electron chi connectivity index (χ1n) is 8.00. The van der Waals surface area contributed by atoms with E-state index in [1.54, 1.807) is 6.92 Å². The van der Waals surface area contributed by atoms with Gasteiger partial charge in [0.15, 0.2) is 0 Å². The van der Waals surface area contributed by atoms with E-state index in [9.17, 15) is 4.79 Å². The van der Waals surface area contributed by atoms with Crippen molar-refractivity contribution in [1.29, 1.82) is 0 Å². The predicted molar refractivity (Wildman–Crippen MR) is 102 cm³/mol. The molecule has 1 N–H and O–H groups in total. The number of nitrogens with one attached hydrogen (secondary N) is 1. The lowest BCUT2D eigenvalue weighted by Gasteiger charge is -2.16. The zero-order valence-corrected chi connectivity index (χ0v) is 15.3. The van der Waals surface area contributed by atoms with Gasteiger partial charge in [-0.1, -0.05) is 72.0 Å². The van der Waals surface area contributed by atoms with Gasteiger partial charge in [-0.2, -0.15) is 0 Å². The molecule has 1 amide bonds. The van der Waals surface area contributed by atoms with Gasteiger partial charge in [0.2, 0.25) is 11.0 Å². The van der Waals surface area contributed by atoms with Crippen molar-refractivity contribution in [3.63, 3.8) is 0 Å². The maximum atomic E-state index is 11.7. The molecular formula is C19H18ClN3OS. The second kappa shape index (κ2) is 8.23. The van der Waals surface area contributed by atoms with Gasteiger partial charge < -0.3 is 0 Å². The predicted octanol–water partition coefficient (Wildman–Crippen LogP) is 4.48. The molecule has 2 aromatic carbocycles. The summed E-state index contributed by atoms with van der Waals surface area (Å²) in [6, 6.07) is 20.7. The van der Waals surface area contributed by atoms with Gasteiger partial charge in [0, 0.05) is 12.3 Å². The highest BCUT2D eigenvalue weighted by Gasteiger charge is 2.18. The molecule has 4 nitrogen and oxygen atoms in total. The highest BCUT2D eigenvalue weighted by atomic mass is 35.5. The van der Waals surface area contributed by atoms with Crippen LogP contribution in [0.1, 0.15) is 29.0 Å². The first kappa shape index (κ1) is 17.6. The molecule has 0 bridgehead atoms. The number of rotatable bonds is 6. The number of nitrogens with zero attached hydrogens (tertiary/aromatic N) is 2. The maximum absolute atomic E-state index is 11.7. The lowest BCUT2D eigenvalue weighted by Crippen LogP contribution is -2.20. The van der Waals surface area contributed by atoms with Crippen molar-refractivity contribution in [2.24, 2.45) is 0 Å². The summed E-state index contributed by atoms with van der Waals surface area (Å²) in [4.78, 5) is 11.7. The number of amides is 1. The monoisotopic (exact) mass is 371 g/mol. The minimum atomic E-state index is -0.603. The SMILES string of the molecule is CC(Cl)C(=O)Nc1nnc(CC(c2ccccc2)c2ccccc2)s1. The topological polar surface area (TPSA) is 54.9 Å².